The average Bonchev–Trinajstić information content (AvgIpc) is 3.29. The normalized spacial score (nSPS) is 16.3. The van der Waals surface area contributed by atoms with Gasteiger partial charge in [-0.25, -0.2) is 4.79 Å². The molecule has 2 aliphatic heterocycles. The van der Waals surface area contributed by atoms with Crippen molar-refractivity contribution < 1.29 is 42.4 Å². The number of carbonyl (C=O) groups is 2. The molecule has 9 nitrogen and oxygen atoms in total. The Morgan fingerprint density at radius 2 is 1.63 bits per heavy atom. The van der Waals surface area contributed by atoms with Gasteiger partial charge in [0.05, 0.1) is 18.3 Å². The number of aliphatic imine (C=N–C) groups is 1. The van der Waals surface area contributed by atoms with Crippen LogP contribution in [-0.2, 0) is 19.1 Å². The summed E-state index contributed by atoms with van der Waals surface area (Å²) < 4.78 is 43.1. The number of carboxylic acid groups (broad SMARTS) is 2. The van der Waals surface area contributed by atoms with Crippen LogP contribution in [0.4, 0.5) is 24.5 Å². The van der Waals surface area contributed by atoms with Crippen LogP contribution in [0.5, 0.6) is 0 Å². The monoisotopic (exact) mass is 767 g/mol. The summed E-state index contributed by atoms with van der Waals surface area (Å²) in [7, 11) is 3.79. The minimum atomic E-state index is -5.08. The standard InChI is InChI=1S/C22H24ClNOS.C11H16N2O.C2HF3O2.C2H6.CH2O2/c1-5-20(15-9-11-18(23)12-10-15)26-21(24-4)16-7-6-8-19-17(13-16)14-22(2,3)25-19;1-12-10-2-4-11(5-3-10)13-6-8-14-9-7-13;3-2(4,5)1(6)7;1-2;2-1-3/h5-6,8-13H,7,14H2,1-4H3;2-5,12H,6-9H2,1H3;(H,6,7);1-2H3;1H,(H,2,3)/b20-5+,24-21?;;;;. The molecule has 286 valence electrons. The molecular weight excluding hydrogens is 719 g/mol. The summed E-state index contributed by atoms with van der Waals surface area (Å²) in [5.41, 5.74) is 5.94. The molecule has 2 heterocycles. The summed E-state index contributed by atoms with van der Waals surface area (Å²) in [4.78, 5) is 25.4. The molecule has 1 saturated heterocycles. The number of alkyl halides is 3. The molecule has 3 aliphatic rings. The van der Waals surface area contributed by atoms with Gasteiger partial charge in [0, 0.05) is 54.9 Å². The van der Waals surface area contributed by atoms with Crippen LogP contribution in [0.2, 0.25) is 5.02 Å². The topological polar surface area (TPSA) is 121 Å². The Balaban J connectivity index is 0.000000433. The van der Waals surface area contributed by atoms with Crippen molar-refractivity contribution in [2.45, 2.75) is 59.2 Å². The Hall–Kier alpha value is -4.20. The van der Waals surface area contributed by atoms with Crippen LogP contribution < -0.4 is 10.2 Å². The highest BCUT2D eigenvalue weighted by atomic mass is 35.5. The van der Waals surface area contributed by atoms with Gasteiger partial charge in [0.1, 0.15) is 11.4 Å². The predicted molar refractivity (Wildman–Crippen MR) is 207 cm³/mol. The number of rotatable bonds is 5. The second-order valence-corrected chi connectivity index (χ2v) is 12.8. The first-order valence-electron chi connectivity index (χ1n) is 16.5. The van der Waals surface area contributed by atoms with Gasteiger partial charge in [0.25, 0.3) is 6.47 Å². The van der Waals surface area contributed by atoms with Crippen molar-refractivity contribution in [3.63, 3.8) is 0 Å². The first kappa shape index (κ1) is 45.8. The second-order valence-electron chi connectivity index (χ2n) is 11.3. The van der Waals surface area contributed by atoms with Gasteiger partial charge in [-0.2, -0.15) is 13.2 Å². The fourth-order valence-electron chi connectivity index (χ4n) is 4.84. The third-order valence-electron chi connectivity index (χ3n) is 7.12. The number of benzene rings is 2. The molecule has 0 unspecified atom stereocenters. The molecule has 52 heavy (non-hydrogen) atoms. The smallest absolute Gasteiger partial charge is 0.487 e. The number of halogens is 4. The molecule has 0 spiro atoms. The SMILES string of the molecule is C/C=C(/SC(=NC)C1=CC2=C(C=CC1)OC(C)(C)C2)c1ccc(Cl)cc1.CC.CNc1ccc(N2CCOCC2)cc1.O=C(O)C(F)(F)F.O=CO. The van der Waals surface area contributed by atoms with Gasteiger partial charge in [-0.05, 0) is 92.5 Å². The first-order chi connectivity index (χ1) is 24.7. The molecule has 0 radical (unpaired) electrons. The van der Waals surface area contributed by atoms with Crippen LogP contribution in [0.3, 0.4) is 0 Å². The van der Waals surface area contributed by atoms with E-state index in [1.165, 1.54) is 21.7 Å². The number of anilines is 2. The molecule has 2 aromatic carbocycles. The first-order valence-corrected chi connectivity index (χ1v) is 17.7. The van der Waals surface area contributed by atoms with E-state index in [2.05, 4.69) is 84.5 Å². The Morgan fingerprint density at radius 3 is 2.12 bits per heavy atom. The van der Waals surface area contributed by atoms with E-state index in [1.54, 1.807) is 11.8 Å². The molecule has 0 saturated carbocycles. The van der Waals surface area contributed by atoms with Crippen LogP contribution in [0.25, 0.3) is 4.91 Å². The lowest BCUT2D eigenvalue weighted by molar-refractivity contribution is -0.192. The van der Waals surface area contributed by atoms with E-state index in [-0.39, 0.29) is 12.1 Å². The molecule has 2 aromatic rings. The van der Waals surface area contributed by atoms with Crippen molar-refractivity contribution in [1.82, 2.24) is 0 Å². The van der Waals surface area contributed by atoms with Crippen molar-refractivity contribution in [2.24, 2.45) is 4.99 Å². The van der Waals surface area contributed by atoms with Gasteiger partial charge in [0.2, 0.25) is 0 Å². The molecule has 14 heteroatoms. The van der Waals surface area contributed by atoms with Crippen molar-refractivity contribution >= 4 is 57.1 Å². The molecule has 1 fully saturated rings. The third-order valence-corrected chi connectivity index (χ3v) is 8.71. The van der Waals surface area contributed by atoms with E-state index in [0.717, 1.165) is 66.2 Å². The number of nitrogens with zero attached hydrogens (tertiary/aromatic N) is 2. The van der Waals surface area contributed by atoms with Crippen molar-refractivity contribution in [1.29, 1.82) is 0 Å². The van der Waals surface area contributed by atoms with Crippen LogP contribution in [0.1, 0.15) is 53.0 Å². The number of carboxylic acids is 1. The largest absolute Gasteiger partial charge is 0.490 e. The Labute approximate surface area is 313 Å². The van der Waals surface area contributed by atoms with E-state index in [9.17, 15) is 13.2 Å². The van der Waals surface area contributed by atoms with Gasteiger partial charge in [-0.15, -0.1) is 0 Å². The number of morpholine rings is 1. The van der Waals surface area contributed by atoms with E-state index < -0.39 is 12.1 Å². The lowest BCUT2D eigenvalue weighted by atomic mass is 9.99. The van der Waals surface area contributed by atoms with Crippen LogP contribution in [-0.4, -0.2) is 79.9 Å². The Kier molecular flexibility index (Phi) is 20.6. The molecule has 0 atom stereocenters. The highest BCUT2D eigenvalue weighted by molar-refractivity contribution is 8.22. The Morgan fingerprint density at radius 1 is 1.08 bits per heavy atom. The third kappa shape index (κ3) is 16.0. The molecule has 0 amide bonds. The molecular formula is C38H49ClF3N3O6S. The van der Waals surface area contributed by atoms with E-state index in [1.807, 2.05) is 52.2 Å². The number of ether oxygens (including phenoxy) is 2. The number of hydrogen-bond donors (Lipinski definition) is 3. The van der Waals surface area contributed by atoms with Crippen molar-refractivity contribution in [3.8, 4) is 0 Å². The summed E-state index contributed by atoms with van der Waals surface area (Å²) in [6, 6.07) is 16.4. The van der Waals surface area contributed by atoms with Gasteiger partial charge >= 0.3 is 12.1 Å². The fraction of sp³-hybridized carbons (Fsp3) is 0.395. The summed E-state index contributed by atoms with van der Waals surface area (Å²) >= 11 is 7.72. The number of allylic oxidation sites excluding steroid dienone is 4. The maximum absolute atomic E-state index is 10.6. The minimum Gasteiger partial charge on any atom is -0.487 e. The highest BCUT2D eigenvalue weighted by Gasteiger charge is 2.38. The fourth-order valence-corrected chi connectivity index (χ4v) is 5.91. The molecule has 0 aromatic heterocycles. The van der Waals surface area contributed by atoms with Crippen molar-refractivity contribution in [2.75, 3.05) is 50.6 Å². The molecule has 3 N–H and O–H groups in total. The number of thioether (sulfide) groups is 1. The molecule has 0 bridgehead atoms. The number of aliphatic carboxylic acids is 1. The molecule has 1 aliphatic carbocycles. The van der Waals surface area contributed by atoms with E-state index in [0.29, 0.717) is 0 Å². The van der Waals surface area contributed by atoms with E-state index >= 15 is 0 Å². The van der Waals surface area contributed by atoms with Crippen LogP contribution in [0.15, 0.2) is 94.7 Å². The zero-order chi connectivity index (χ0) is 39.3. The zero-order valence-corrected chi connectivity index (χ0v) is 32.2. The zero-order valence-electron chi connectivity index (χ0n) is 30.6. The second kappa shape index (κ2) is 23.4. The number of nitrogens with one attached hydrogen (secondary N) is 1. The predicted octanol–water partition coefficient (Wildman–Crippen LogP) is 9.73. The maximum atomic E-state index is 10.6. The summed E-state index contributed by atoms with van der Waals surface area (Å²) in [5.74, 6) is -1.76. The van der Waals surface area contributed by atoms with Crippen LogP contribution in [0, 0.1) is 0 Å². The number of hydrogen-bond acceptors (Lipinski definition) is 8. The van der Waals surface area contributed by atoms with Gasteiger partial charge < -0.3 is 29.9 Å². The summed E-state index contributed by atoms with van der Waals surface area (Å²) in [6.07, 6.45) is 5.34. The van der Waals surface area contributed by atoms with Gasteiger partial charge in [-0.1, -0.05) is 61.5 Å². The quantitative estimate of drug-likeness (QED) is 0.155. The van der Waals surface area contributed by atoms with Gasteiger partial charge in [0.15, 0.2) is 0 Å². The maximum Gasteiger partial charge on any atom is 0.490 e. The Bertz CT molecular complexity index is 1570. The van der Waals surface area contributed by atoms with Crippen molar-refractivity contribution in [3.05, 3.63) is 100 Å². The molecule has 5 rings (SSSR count). The minimum absolute atomic E-state index is 0.136. The van der Waals surface area contributed by atoms with Gasteiger partial charge in [-0.3, -0.25) is 9.79 Å². The highest BCUT2D eigenvalue weighted by Crippen LogP contribution is 2.39. The van der Waals surface area contributed by atoms with Crippen LogP contribution >= 0.6 is 23.4 Å². The average molecular weight is 768 g/mol. The summed E-state index contributed by atoms with van der Waals surface area (Å²) in [6.45, 7) is 13.7. The lowest BCUT2D eigenvalue weighted by Gasteiger charge is -2.28. The lowest BCUT2D eigenvalue weighted by Crippen LogP contribution is -2.36. The van der Waals surface area contributed by atoms with E-state index in [4.69, 9.17) is 40.9 Å². The summed E-state index contributed by atoms with van der Waals surface area (Å²) in [5, 5.41) is 18.9.